The summed E-state index contributed by atoms with van der Waals surface area (Å²) in [5.41, 5.74) is 0.109. The van der Waals surface area contributed by atoms with Crippen molar-refractivity contribution in [3.05, 3.63) is 59.2 Å². The first kappa shape index (κ1) is 18.6. The summed E-state index contributed by atoms with van der Waals surface area (Å²) in [6.07, 6.45) is 0. The Hall–Kier alpha value is -2.77. The van der Waals surface area contributed by atoms with Crippen LogP contribution in [-0.2, 0) is 0 Å². The molecule has 0 saturated carbocycles. The van der Waals surface area contributed by atoms with Gasteiger partial charge in [0.1, 0.15) is 11.6 Å². The summed E-state index contributed by atoms with van der Waals surface area (Å²) >= 11 is 0. The van der Waals surface area contributed by atoms with E-state index in [2.05, 4.69) is 10.1 Å². The highest BCUT2D eigenvalue weighted by atomic mass is 19.3. The summed E-state index contributed by atoms with van der Waals surface area (Å²) in [5, 5.41) is 2.51. The summed E-state index contributed by atoms with van der Waals surface area (Å²) < 4.78 is 60.7. The van der Waals surface area contributed by atoms with Gasteiger partial charge >= 0.3 is 6.61 Å². The number of amides is 1. The van der Waals surface area contributed by atoms with Gasteiger partial charge in [0, 0.05) is 17.2 Å². The second-order valence-corrected chi connectivity index (χ2v) is 5.11. The molecule has 1 amide bonds. The van der Waals surface area contributed by atoms with Crippen molar-refractivity contribution in [3.8, 4) is 11.5 Å². The Morgan fingerprint density at radius 1 is 1.08 bits per heavy atom. The molecule has 0 radical (unpaired) electrons. The summed E-state index contributed by atoms with van der Waals surface area (Å²) in [5.74, 6) is -2.44. The molecule has 25 heavy (non-hydrogen) atoms. The van der Waals surface area contributed by atoms with Crippen LogP contribution in [0.1, 0.15) is 28.9 Å². The standard InChI is InChI=1S/C17H15F4NO3/c1-9(12-5-4-11(18)8-13(12)19)22-16(23)10-3-6-14(24-2)15(7-10)25-17(20)21/h3-9,17H,1-2H3,(H,22,23)/t9-/m0/s1. The highest BCUT2D eigenvalue weighted by Gasteiger charge is 2.18. The number of carbonyl (C=O) groups is 1. The minimum atomic E-state index is -3.08. The van der Waals surface area contributed by atoms with Crippen LogP contribution < -0.4 is 14.8 Å². The van der Waals surface area contributed by atoms with Crippen LogP contribution in [0.25, 0.3) is 0 Å². The lowest BCUT2D eigenvalue weighted by molar-refractivity contribution is -0.0512. The van der Waals surface area contributed by atoms with Crippen molar-refractivity contribution >= 4 is 5.91 Å². The molecule has 0 heterocycles. The Morgan fingerprint density at radius 3 is 2.40 bits per heavy atom. The molecule has 2 rings (SSSR count). The van der Waals surface area contributed by atoms with Crippen molar-refractivity contribution < 1.29 is 31.8 Å². The van der Waals surface area contributed by atoms with E-state index >= 15 is 0 Å². The van der Waals surface area contributed by atoms with Crippen LogP contribution in [0.4, 0.5) is 17.6 Å². The van der Waals surface area contributed by atoms with Crippen LogP contribution in [0, 0.1) is 11.6 Å². The van der Waals surface area contributed by atoms with Crippen molar-refractivity contribution in [3.63, 3.8) is 0 Å². The largest absolute Gasteiger partial charge is 0.493 e. The van der Waals surface area contributed by atoms with Gasteiger partial charge in [-0.1, -0.05) is 6.07 Å². The topological polar surface area (TPSA) is 47.6 Å². The number of nitrogens with one attached hydrogen (secondary N) is 1. The number of ether oxygens (including phenoxy) is 2. The molecular formula is C17H15F4NO3. The molecule has 0 aromatic heterocycles. The smallest absolute Gasteiger partial charge is 0.387 e. The molecule has 0 aliphatic rings. The van der Waals surface area contributed by atoms with Gasteiger partial charge in [-0.3, -0.25) is 4.79 Å². The fraction of sp³-hybridized carbons (Fsp3) is 0.235. The third kappa shape index (κ3) is 4.62. The average Bonchev–Trinajstić information content (AvgIpc) is 2.53. The lowest BCUT2D eigenvalue weighted by Crippen LogP contribution is -2.27. The van der Waals surface area contributed by atoms with Gasteiger partial charge in [-0.05, 0) is 31.2 Å². The normalized spacial score (nSPS) is 12.0. The van der Waals surface area contributed by atoms with Crippen LogP contribution in [0.5, 0.6) is 11.5 Å². The van der Waals surface area contributed by atoms with Crippen LogP contribution in [0.15, 0.2) is 36.4 Å². The van der Waals surface area contributed by atoms with Crippen LogP contribution in [0.3, 0.4) is 0 Å². The maximum Gasteiger partial charge on any atom is 0.387 e. The number of benzene rings is 2. The highest BCUT2D eigenvalue weighted by molar-refractivity contribution is 5.95. The minimum absolute atomic E-state index is 0.0193. The molecule has 0 unspecified atom stereocenters. The Morgan fingerprint density at radius 2 is 1.80 bits per heavy atom. The number of rotatable bonds is 6. The predicted molar refractivity (Wildman–Crippen MR) is 81.9 cm³/mol. The predicted octanol–water partition coefficient (Wildman–Crippen LogP) is 4.07. The number of hydrogen-bond acceptors (Lipinski definition) is 3. The van der Waals surface area contributed by atoms with E-state index in [0.29, 0.717) is 6.07 Å². The van der Waals surface area contributed by atoms with Crippen LogP contribution in [0.2, 0.25) is 0 Å². The van der Waals surface area contributed by atoms with Gasteiger partial charge in [0.05, 0.1) is 13.2 Å². The zero-order valence-corrected chi connectivity index (χ0v) is 13.4. The molecule has 0 spiro atoms. The molecule has 4 nitrogen and oxygen atoms in total. The van der Waals surface area contributed by atoms with E-state index in [9.17, 15) is 22.4 Å². The van der Waals surface area contributed by atoms with Crippen LogP contribution >= 0.6 is 0 Å². The van der Waals surface area contributed by atoms with Crippen molar-refractivity contribution in [2.75, 3.05) is 7.11 Å². The summed E-state index contributed by atoms with van der Waals surface area (Å²) in [7, 11) is 1.27. The van der Waals surface area contributed by atoms with Crippen molar-refractivity contribution in [1.82, 2.24) is 5.32 Å². The fourth-order valence-electron chi connectivity index (χ4n) is 2.22. The van der Waals surface area contributed by atoms with Gasteiger partial charge in [0.2, 0.25) is 0 Å². The van der Waals surface area contributed by atoms with Gasteiger partial charge in [-0.15, -0.1) is 0 Å². The second-order valence-electron chi connectivity index (χ2n) is 5.11. The number of carbonyl (C=O) groups excluding carboxylic acids is 1. The molecule has 0 saturated heterocycles. The monoisotopic (exact) mass is 357 g/mol. The van der Waals surface area contributed by atoms with E-state index in [1.54, 1.807) is 0 Å². The molecule has 0 aliphatic heterocycles. The number of alkyl halides is 2. The molecule has 8 heteroatoms. The van der Waals surface area contributed by atoms with Crippen molar-refractivity contribution in [1.29, 1.82) is 0 Å². The maximum atomic E-state index is 13.7. The van der Waals surface area contributed by atoms with Crippen molar-refractivity contribution in [2.45, 2.75) is 19.6 Å². The van der Waals surface area contributed by atoms with E-state index in [0.717, 1.165) is 12.1 Å². The molecule has 2 aromatic carbocycles. The molecule has 1 atom stereocenters. The van der Waals surface area contributed by atoms with Gasteiger partial charge in [-0.2, -0.15) is 8.78 Å². The van der Waals surface area contributed by atoms with E-state index < -0.39 is 30.2 Å². The quantitative estimate of drug-likeness (QED) is 0.793. The number of halogens is 4. The number of hydrogen-bond donors (Lipinski definition) is 1. The van der Waals surface area contributed by atoms with E-state index in [1.165, 1.54) is 32.2 Å². The van der Waals surface area contributed by atoms with E-state index in [-0.39, 0.29) is 22.6 Å². The third-order valence-corrected chi connectivity index (χ3v) is 3.42. The first-order valence-corrected chi connectivity index (χ1v) is 7.20. The lowest BCUT2D eigenvalue weighted by Gasteiger charge is -2.16. The Labute approximate surface area is 141 Å². The van der Waals surface area contributed by atoms with Crippen molar-refractivity contribution in [2.24, 2.45) is 0 Å². The zero-order valence-electron chi connectivity index (χ0n) is 13.4. The first-order chi connectivity index (χ1) is 11.8. The SMILES string of the molecule is COc1ccc(C(=O)N[C@@H](C)c2ccc(F)cc2F)cc1OC(F)F. The Balaban J connectivity index is 2.19. The molecule has 0 fully saturated rings. The van der Waals surface area contributed by atoms with Crippen LogP contribution in [-0.4, -0.2) is 19.6 Å². The Bertz CT molecular complexity index is 768. The molecular weight excluding hydrogens is 342 g/mol. The molecule has 0 bridgehead atoms. The zero-order chi connectivity index (χ0) is 18.6. The summed E-state index contributed by atoms with van der Waals surface area (Å²) in [4.78, 5) is 12.3. The van der Waals surface area contributed by atoms with Gasteiger partial charge in [0.25, 0.3) is 5.91 Å². The Kier molecular flexibility index (Phi) is 5.84. The average molecular weight is 357 g/mol. The molecule has 134 valence electrons. The maximum absolute atomic E-state index is 13.7. The first-order valence-electron chi connectivity index (χ1n) is 7.20. The minimum Gasteiger partial charge on any atom is -0.493 e. The third-order valence-electron chi connectivity index (χ3n) is 3.42. The lowest BCUT2D eigenvalue weighted by atomic mass is 10.1. The number of methoxy groups -OCH3 is 1. The molecule has 1 N–H and O–H groups in total. The van der Waals surface area contributed by atoms with Gasteiger partial charge in [-0.25, -0.2) is 8.78 Å². The molecule has 2 aromatic rings. The summed E-state index contributed by atoms with van der Waals surface area (Å²) in [6.45, 7) is -1.58. The highest BCUT2D eigenvalue weighted by Crippen LogP contribution is 2.29. The van der Waals surface area contributed by atoms with Gasteiger partial charge < -0.3 is 14.8 Å². The second kappa shape index (κ2) is 7.87. The van der Waals surface area contributed by atoms with E-state index in [4.69, 9.17) is 4.74 Å². The summed E-state index contributed by atoms with van der Waals surface area (Å²) in [6, 6.07) is 5.97. The van der Waals surface area contributed by atoms with Gasteiger partial charge in [0.15, 0.2) is 11.5 Å². The fourth-order valence-corrected chi connectivity index (χ4v) is 2.22. The molecule has 0 aliphatic carbocycles. The van der Waals surface area contributed by atoms with E-state index in [1.807, 2.05) is 0 Å².